The molecule has 6 aliphatic rings. The molecule has 1 spiro atoms. The lowest BCUT2D eigenvalue weighted by atomic mass is 9.70. The first kappa shape index (κ1) is 46.6. The number of benzene rings is 3. The third-order valence-electron chi connectivity index (χ3n) is 16.0. The van der Waals surface area contributed by atoms with E-state index in [9.17, 15) is 28.4 Å². The minimum Gasteiger partial charge on any atom is -0.467 e. The van der Waals surface area contributed by atoms with Crippen molar-refractivity contribution < 1.29 is 41.8 Å². The van der Waals surface area contributed by atoms with E-state index in [2.05, 4.69) is 54.1 Å². The van der Waals surface area contributed by atoms with Crippen LogP contribution in [-0.4, -0.2) is 103 Å². The Kier molecular flexibility index (Phi) is 12.2. The Morgan fingerprint density at radius 1 is 0.971 bits per heavy atom. The van der Waals surface area contributed by atoms with Gasteiger partial charge in [-0.2, -0.15) is 4.98 Å². The van der Waals surface area contributed by atoms with Gasteiger partial charge in [0.15, 0.2) is 5.75 Å². The van der Waals surface area contributed by atoms with E-state index in [1.807, 2.05) is 0 Å². The number of H-pyrrole nitrogens is 1. The number of fused-ring (bicyclic) bond motifs is 1. The van der Waals surface area contributed by atoms with Gasteiger partial charge in [-0.25, -0.2) is 17.5 Å². The van der Waals surface area contributed by atoms with E-state index < -0.39 is 42.9 Å². The molecule has 3 aliphatic carbocycles. The summed E-state index contributed by atoms with van der Waals surface area (Å²) < 4.78 is 62.9. The number of carbonyl (C=O) groups excluding carboxylic acids is 1. The van der Waals surface area contributed by atoms with Crippen molar-refractivity contribution in [1.82, 2.24) is 19.6 Å². The molecule has 0 bridgehead atoms. The molecule has 11 rings (SSSR count). The summed E-state index contributed by atoms with van der Waals surface area (Å²) in [5.74, 6) is -0.146. The van der Waals surface area contributed by atoms with E-state index in [4.69, 9.17) is 14.2 Å². The van der Waals surface area contributed by atoms with Crippen molar-refractivity contribution in [3.63, 3.8) is 0 Å². The second kappa shape index (κ2) is 18.4. The Labute approximate surface area is 406 Å². The zero-order valence-electron chi connectivity index (χ0n) is 39.3. The summed E-state index contributed by atoms with van der Waals surface area (Å²) in [6.45, 7) is 6.49. The number of aromatic nitrogens is 2. The van der Waals surface area contributed by atoms with E-state index in [1.54, 1.807) is 30.2 Å². The number of carbonyl (C=O) groups is 1. The van der Waals surface area contributed by atoms with E-state index >= 15 is 4.39 Å². The van der Waals surface area contributed by atoms with E-state index in [1.165, 1.54) is 62.6 Å². The quantitative estimate of drug-likeness (QED) is 0.0574. The number of hydrogen-bond donors (Lipinski definition) is 4. The third-order valence-corrected chi connectivity index (χ3v) is 17.3. The highest BCUT2D eigenvalue weighted by molar-refractivity contribution is 7.90. The Morgan fingerprint density at radius 3 is 2.44 bits per heavy atom. The van der Waals surface area contributed by atoms with Crippen LogP contribution in [0.15, 0.2) is 77.8 Å². The first-order chi connectivity index (χ1) is 33.7. The number of nitro benzene ring substituents is 1. The average Bonchev–Trinajstić information content (AvgIpc) is 3.95. The molecule has 2 atom stereocenters. The fourth-order valence-corrected chi connectivity index (χ4v) is 12.6. The number of piperidine rings is 1. The number of pyridine rings is 1. The molecule has 18 heteroatoms. The standard InChI is InChI=1S/C52H60FN7O9S/c1-51(62)17-15-32(16-18-51)26-54-43-14-12-36(24-45(43)60(63)64)70(65,66)57-49(61)40-13-11-34(23-46(40)69-47-25-41-42(53)27-55-48(41)56-50(47)68-35-28-67-29-35)58-21-19-52(20-22-58)30-59(31-52)44-8-4-7-39(44)38-6-3-2-5-37(38)33-9-10-33/h2-3,5-6,11-14,23-25,27,32-33,35,39,44,54,62H,4,7-10,15-22,26,28-31H2,1H3,(H,55,56)(H,57,61)/t32?,39-,44-,51?/m0/s1. The van der Waals surface area contributed by atoms with Crippen LogP contribution in [0.2, 0.25) is 0 Å². The average molecular weight is 978 g/mol. The molecule has 5 aromatic rings. The first-order valence-corrected chi connectivity index (χ1v) is 26.3. The molecule has 4 N–H and O–H groups in total. The minimum absolute atomic E-state index is 0.00130. The number of nitrogens with one attached hydrogen (secondary N) is 3. The predicted molar refractivity (Wildman–Crippen MR) is 261 cm³/mol. The highest BCUT2D eigenvalue weighted by atomic mass is 32.2. The molecule has 70 heavy (non-hydrogen) atoms. The van der Waals surface area contributed by atoms with Gasteiger partial charge in [0.05, 0.1) is 39.6 Å². The third kappa shape index (κ3) is 9.42. The molecule has 3 saturated heterocycles. The lowest BCUT2D eigenvalue weighted by molar-refractivity contribution is -0.384. The van der Waals surface area contributed by atoms with Gasteiger partial charge in [-0.3, -0.25) is 19.8 Å². The van der Waals surface area contributed by atoms with Gasteiger partial charge in [-0.15, -0.1) is 0 Å². The van der Waals surface area contributed by atoms with Crippen molar-refractivity contribution >= 4 is 44.0 Å². The maximum atomic E-state index is 15.0. The molecule has 16 nitrogen and oxygen atoms in total. The van der Waals surface area contributed by atoms with Gasteiger partial charge >= 0.3 is 0 Å². The predicted octanol–water partition coefficient (Wildman–Crippen LogP) is 8.77. The monoisotopic (exact) mass is 977 g/mol. The van der Waals surface area contributed by atoms with Gasteiger partial charge in [-0.05, 0) is 130 Å². The number of amides is 1. The van der Waals surface area contributed by atoms with E-state index in [0.717, 1.165) is 69.5 Å². The fourth-order valence-electron chi connectivity index (χ4n) is 11.6. The van der Waals surface area contributed by atoms with Crippen LogP contribution in [0.1, 0.15) is 111 Å². The largest absolute Gasteiger partial charge is 0.467 e. The van der Waals surface area contributed by atoms with Crippen LogP contribution in [0, 0.1) is 27.3 Å². The number of hydrogen-bond acceptors (Lipinski definition) is 13. The van der Waals surface area contributed by atoms with Crippen LogP contribution in [0.4, 0.5) is 21.5 Å². The second-order valence-corrected chi connectivity index (χ2v) is 22.7. The molecule has 0 unspecified atom stereocenters. The molecule has 5 heterocycles. The normalized spacial score (nSPS) is 24.8. The number of sulfonamides is 1. The summed E-state index contributed by atoms with van der Waals surface area (Å²) in [6.07, 6.45) is 11.8. The summed E-state index contributed by atoms with van der Waals surface area (Å²) in [4.78, 5) is 37.6. The lowest BCUT2D eigenvalue weighted by Crippen LogP contribution is -2.63. The Bertz CT molecular complexity index is 2910. The zero-order chi connectivity index (χ0) is 48.4. The fraction of sp³-hybridized carbons (Fsp3) is 0.500. The number of nitrogens with zero attached hydrogens (tertiary/aromatic N) is 4. The van der Waals surface area contributed by atoms with Crippen LogP contribution in [0.5, 0.6) is 17.4 Å². The number of halogens is 1. The van der Waals surface area contributed by atoms with Crippen LogP contribution >= 0.6 is 0 Å². The van der Waals surface area contributed by atoms with Crippen molar-refractivity contribution in [2.24, 2.45) is 11.3 Å². The Morgan fingerprint density at radius 2 is 1.73 bits per heavy atom. The van der Waals surface area contributed by atoms with Crippen molar-refractivity contribution in [2.45, 2.75) is 112 Å². The molecule has 6 fully saturated rings. The summed E-state index contributed by atoms with van der Waals surface area (Å²) >= 11 is 0. The van der Waals surface area contributed by atoms with Crippen molar-refractivity contribution in [3.8, 4) is 17.4 Å². The molecule has 2 aromatic heterocycles. The van der Waals surface area contributed by atoms with Gasteiger partial charge in [0.2, 0.25) is 0 Å². The first-order valence-electron chi connectivity index (χ1n) is 24.8. The number of anilines is 2. The molecular weight excluding hydrogens is 918 g/mol. The SMILES string of the molecule is CC1(O)CCC(CNc2ccc(S(=O)(=O)NC(=O)c3ccc(N4CCC5(CC4)CN([C@H]4CCC[C@H]4c4ccccc4C4CC4)C5)cc3Oc3cc4c(F)c[nH]c4nc3OC3COC3)cc2[N+](=O)[O-])CC1. The number of likely N-dealkylation sites (tertiary alicyclic amines) is 1. The highest BCUT2D eigenvalue weighted by Gasteiger charge is 2.50. The molecular formula is C52H60FN7O9S. The zero-order valence-corrected chi connectivity index (χ0v) is 40.1. The molecule has 370 valence electrons. The maximum Gasteiger partial charge on any atom is 0.293 e. The van der Waals surface area contributed by atoms with Gasteiger partial charge in [0.25, 0.3) is 27.5 Å². The topological polar surface area (TPSA) is 201 Å². The van der Waals surface area contributed by atoms with Crippen molar-refractivity contribution in [1.29, 1.82) is 0 Å². The molecule has 3 aromatic carbocycles. The smallest absolute Gasteiger partial charge is 0.293 e. The molecule has 1 amide bonds. The van der Waals surface area contributed by atoms with Crippen molar-refractivity contribution in [3.05, 3.63) is 106 Å². The highest BCUT2D eigenvalue weighted by Crippen LogP contribution is 2.51. The van der Waals surface area contributed by atoms with Crippen LogP contribution in [-0.2, 0) is 14.8 Å². The van der Waals surface area contributed by atoms with Crippen LogP contribution in [0.3, 0.4) is 0 Å². The van der Waals surface area contributed by atoms with E-state index in [0.29, 0.717) is 44.6 Å². The maximum absolute atomic E-state index is 15.0. The summed E-state index contributed by atoms with van der Waals surface area (Å²) in [6, 6.07) is 19.5. The minimum atomic E-state index is -4.67. The van der Waals surface area contributed by atoms with E-state index in [-0.39, 0.29) is 57.1 Å². The number of nitro groups is 1. The van der Waals surface area contributed by atoms with Crippen LogP contribution in [0.25, 0.3) is 11.0 Å². The van der Waals surface area contributed by atoms with Crippen LogP contribution < -0.4 is 24.4 Å². The van der Waals surface area contributed by atoms with Gasteiger partial charge in [-0.1, -0.05) is 30.7 Å². The Hall–Kier alpha value is -5.82. The Balaban J connectivity index is 0.827. The molecule has 3 saturated carbocycles. The van der Waals surface area contributed by atoms with Gasteiger partial charge in [0, 0.05) is 68.8 Å². The summed E-state index contributed by atoms with van der Waals surface area (Å²) in [5, 5.41) is 25.8. The summed E-state index contributed by atoms with van der Waals surface area (Å²) in [5.41, 5.74) is 3.11. The van der Waals surface area contributed by atoms with Gasteiger partial charge < -0.3 is 34.5 Å². The number of rotatable bonds is 15. The second-order valence-electron chi connectivity index (χ2n) is 21.0. The number of ether oxygens (including phenoxy) is 3. The number of aromatic amines is 1. The van der Waals surface area contributed by atoms with Crippen molar-refractivity contribution in [2.75, 3.05) is 56.2 Å². The number of aliphatic hydroxyl groups is 1. The molecule has 0 radical (unpaired) electrons. The lowest BCUT2D eigenvalue weighted by Gasteiger charge is -2.57. The van der Waals surface area contributed by atoms with Gasteiger partial charge in [0.1, 0.15) is 29.0 Å². The summed E-state index contributed by atoms with van der Waals surface area (Å²) in [7, 11) is -4.67. The molecule has 3 aliphatic heterocycles.